The van der Waals surface area contributed by atoms with E-state index in [4.69, 9.17) is 0 Å². The smallest absolute Gasteiger partial charge is 0.0372 e. The van der Waals surface area contributed by atoms with Crippen molar-refractivity contribution in [3.05, 3.63) is 29.3 Å². The maximum absolute atomic E-state index is 3.47. The molecule has 1 aromatic rings. The van der Waals surface area contributed by atoms with Gasteiger partial charge in [-0.15, -0.1) is 0 Å². The zero-order valence-electron chi connectivity index (χ0n) is 9.84. The summed E-state index contributed by atoms with van der Waals surface area (Å²) < 4.78 is 0. The van der Waals surface area contributed by atoms with E-state index < -0.39 is 0 Å². The van der Waals surface area contributed by atoms with Crippen LogP contribution < -0.4 is 5.32 Å². The summed E-state index contributed by atoms with van der Waals surface area (Å²) in [7, 11) is 0. The van der Waals surface area contributed by atoms with Gasteiger partial charge in [0.15, 0.2) is 0 Å². The number of benzene rings is 1. The predicted octanol–water partition coefficient (Wildman–Crippen LogP) is 2.64. The maximum atomic E-state index is 3.47. The number of likely N-dealkylation sites (tertiary alicyclic amines) is 1. The predicted molar refractivity (Wildman–Crippen MR) is 67.8 cm³/mol. The van der Waals surface area contributed by atoms with Crippen molar-refractivity contribution in [3.63, 3.8) is 0 Å². The topological polar surface area (TPSA) is 15.3 Å². The fraction of sp³-hybridized carbons (Fsp3) is 0.571. The zero-order chi connectivity index (χ0) is 10.8. The molecule has 0 amide bonds. The van der Waals surface area contributed by atoms with Crippen LogP contribution in [-0.4, -0.2) is 24.5 Å². The third kappa shape index (κ3) is 2.07. The number of anilines is 1. The van der Waals surface area contributed by atoms with Crippen LogP contribution in [0.1, 0.15) is 30.4 Å². The van der Waals surface area contributed by atoms with Gasteiger partial charge in [-0.2, -0.15) is 0 Å². The fourth-order valence-electron chi connectivity index (χ4n) is 2.83. The molecule has 0 unspecified atom stereocenters. The molecular weight excluding hydrogens is 196 g/mol. The van der Waals surface area contributed by atoms with E-state index in [1.165, 1.54) is 55.6 Å². The molecule has 0 spiro atoms. The van der Waals surface area contributed by atoms with Crippen molar-refractivity contribution >= 4 is 5.69 Å². The van der Waals surface area contributed by atoms with Crippen LogP contribution >= 0.6 is 0 Å². The molecule has 2 aliphatic heterocycles. The van der Waals surface area contributed by atoms with Crippen molar-refractivity contribution in [2.75, 3.05) is 25.0 Å². The number of nitrogens with one attached hydrogen (secondary N) is 1. The van der Waals surface area contributed by atoms with Crippen molar-refractivity contribution in [2.24, 2.45) is 0 Å². The van der Waals surface area contributed by atoms with Gasteiger partial charge in [0.25, 0.3) is 0 Å². The van der Waals surface area contributed by atoms with E-state index in [0.29, 0.717) is 0 Å². The number of rotatable bonds is 2. The first-order valence-corrected chi connectivity index (χ1v) is 6.50. The van der Waals surface area contributed by atoms with Gasteiger partial charge in [0, 0.05) is 18.8 Å². The second kappa shape index (κ2) is 4.46. The molecule has 0 saturated carbocycles. The third-order valence-corrected chi connectivity index (χ3v) is 3.71. The largest absolute Gasteiger partial charge is 0.385 e. The van der Waals surface area contributed by atoms with E-state index in [2.05, 4.69) is 28.4 Å². The molecule has 86 valence electrons. The molecule has 0 aliphatic carbocycles. The van der Waals surface area contributed by atoms with Gasteiger partial charge in [0.2, 0.25) is 0 Å². The SMILES string of the molecule is c1cc2c(cc1CN1CCCC1)CCCN2. The van der Waals surface area contributed by atoms with E-state index in [0.717, 1.165) is 13.1 Å². The summed E-state index contributed by atoms with van der Waals surface area (Å²) in [6.45, 7) is 4.86. The standard InChI is InChI=1S/C14H20N2/c1-2-9-16(8-1)11-12-5-6-14-13(10-12)4-3-7-15-14/h5-6,10,15H,1-4,7-9,11H2. The average Bonchev–Trinajstić information content (AvgIpc) is 2.82. The van der Waals surface area contributed by atoms with Crippen LogP contribution in [0.15, 0.2) is 18.2 Å². The highest BCUT2D eigenvalue weighted by atomic mass is 15.1. The maximum Gasteiger partial charge on any atom is 0.0372 e. The molecule has 0 aromatic heterocycles. The average molecular weight is 216 g/mol. The molecule has 16 heavy (non-hydrogen) atoms. The molecule has 0 atom stereocenters. The monoisotopic (exact) mass is 216 g/mol. The van der Waals surface area contributed by atoms with Crippen LogP contribution in [0.25, 0.3) is 0 Å². The number of hydrogen-bond acceptors (Lipinski definition) is 2. The van der Waals surface area contributed by atoms with E-state index in [1.807, 2.05) is 0 Å². The van der Waals surface area contributed by atoms with E-state index in [9.17, 15) is 0 Å². The van der Waals surface area contributed by atoms with Crippen LogP contribution in [0.5, 0.6) is 0 Å². The lowest BCUT2D eigenvalue weighted by Crippen LogP contribution is -2.19. The van der Waals surface area contributed by atoms with Gasteiger partial charge in [0.1, 0.15) is 0 Å². The van der Waals surface area contributed by atoms with Crippen LogP contribution in [0.3, 0.4) is 0 Å². The molecule has 0 radical (unpaired) electrons. The lowest BCUT2D eigenvalue weighted by Gasteiger charge is -2.20. The van der Waals surface area contributed by atoms with E-state index >= 15 is 0 Å². The Morgan fingerprint density at radius 3 is 2.88 bits per heavy atom. The van der Waals surface area contributed by atoms with Gasteiger partial charge in [0.05, 0.1) is 0 Å². The summed E-state index contributed by atoms with van der Waals surface area (Å²) in [4.78, 5) is 2.57. The minimum absolute atomic E-state index is 1.14. The molecule has 0 bridgehead atoms. The molecule has 3 rings (SSSR count). The Morgan fingerprint density at radius 2 is 2.00 bits per heavy atom. The van der Waals surface area contributed by atoms with E-state index in [-0.39, 0.29) is 0 Å². The Labute approximate surface area is 97.6 Å². The Hall–Kier alpha value is -1.02. The highest BCUT2D eigenvalue weighted by molar-refractivity contribution is 5.54. The van der Waals surface area contributed by atoms with E-state index in [1.54, 1.807) is 0 Å². The lowest BCUT2D eigenvalue weighted by molar-refractivity contribution is 0.331. The first-order chi connectivity index (χ1) is 7.92. The summed E-state index contributed by atoms with van der Waals surface area (Å²) in [5.74, 6) is 0. The van der Waals surface area contributed by atoms with Crippen molar-refractivity contribution in [3.8, 4) is 0 Å². The number of fused-ring (bicyclic) bond motifs is 1. The Bertz CT molecular complexity index is 367. The second-order valence-corrected chi connectivity index (χ2v) is 5.01. The van der Waals surface area contributed by atoms with Crippen molar-refractivity contribution < 1.29 is 0 Å². The van der Waals surface area contributed by atoms with Gasteiger partial charge in [-0.1, -0.05) is 12.1 Å². The Balaban J connectivity index is 1.74. The first-order valence-electron chi connectivity index (χ1n) is 6.50. The minimum Gasteiger partial charge on any atom is -0.385 e. The molecule has 2 aliphatic rings. The van der Waals surface area contributed by atoms with Crippen LogP contribution in [0, 0.1) is 0 Å². The van der Waals surface area contributed by atoms with Crippen molar-refractivity contribution in [1.29, 1.82) is 0 Å². The number of nitrogens with zero attached hydrogens (tertiary/aromatic N) is 1. The molecule has 1 saturated heterocycles. The molecule has 2 heterocycles. The van der Waals surface area contributed by atoms with Crippen molar-refractivity contribution in [1.82, 2.24) is 4.90 Å². The van der Waals surface area contributed by atoms with Gasteiger partial charge in [-0.3, -0.25) is 4.90 Å². The van der Waals surface area contributed by atoms with Gasteiger partial charge in [-0.25, -0.2) is 0 Å². The van der Waals surface area contributed by atoms with Gasteiger partial charge in [-0.05, 0) is 56.0 Å². The zero-order valence-corrected chi connectivity index (χ0v) is 9.84. The molecular formula is C14H20N2. The molecule has 1 N–H and O–H groups in total. The first kappa shape index (κ1) is 10.2. The minimum atomic E-state index is 1.14. The van der Waals surface area contributed by atoms with Gasteiger partial charge < -0.3 is 5.32 Å². The Morgan fingerprint density at radius 1 is 1.12 bits per heavy atom. The second-order valence-electron chi connectivity index (χ2n) is 5.01. The van der Waals surface area contributed by atoms with Gasteiger partial charge >= 0.3 is 0 Å². The summed E-state index contributed by atoms with van der Waals surface area (Å²) in [6.07, 6.45) is 5.29. The van der Waals surface area contributed by atoms with Crippen LogP contribution in [0.4, 0.5) is 5.69 Å². The fourth-order valence-corrected chi connectivity index (χ4v) is 2.83. The molecule has 1 fully saturated rings. The number of hydrogen-bond donors (Lipinski definition) is 1. The normalized spacial score (nSPS) is 20.5. The highest BCUT2D eigenvalue weighted by Gasteiger charge is 2.13. The summed E-state index contributed by atoms with van der Waals surface area (Å²) in [6, 6.07) is 6.95. The third-order valence-electron chi connectivity index (χ3n) is 3.71. The summed E-state index contributed by atoms with van der Waals surface area (Å²) in [5, 5.41) is 3.47. The highest BCUT2D eigenvalue weighted by Crippen LogP contribution is 2.24. The molecule has 1 aromatic carbocycles. The van der Waals surface area contributed by atoms with Crippen LogP contribution in [-0.2, 0) is 13.0 Å². The summed E-state index contributed by atoms with van der Waals surface area (Å²) in [5.41, 5.74) is 4.36. The summed E-state index contributed by atoms with van der Waals surface area (Å²) >= 11 is 0. The Kier molecular flexibility index (Phi) is 2.83. The molecule has 2 heteroatoms. The van der Waals surface area contributed by atoms with Crippen molar-refractivity contribution in [2.45, 2.75) is 32.2 Å². The number of aryl methyl sites for hydroxylation is 1. The quantitative estimate of drug-likeness (QED) is 0.817. The lowest BCUT2D eigenvalue weighted by atomic mass is 10.0. The molecule has 2 nitrogen and oxygen atoms in total. The van der Waals surface area contributed by atoms with Crippen LogP contribution in [0.2, 0.25) is 0 Å².